The van der Waals surface area contributed by atoms with Crippen LogP contribution in [0.1, 0.15) is 16.2 Å². The Kier molecular flexibility index (Phi) is 2.93. The van der Waals surface area contributed by atoms with E-state index in [1.54, 1.807) is 12.3 Å². The summed E-state index contributed by atoms with van der Waals surface area (Å²) in [7, 11) is 0. The number of H-pyrrole nitrogens is 1. The highest BCUT2D eigenvalue weighted by Crippen LogP contribution is 2.25. The quantitative estimate of drug-likeness (QED) is 0.602. The lowest BCUT2D eigenvalue weighted by Gasteiger charge is -2.00. The molecule has 0 saturated carbocycles. The second-order valence-corrected chi connectivity index (χ2v) is 5.19. The molecule has 0 saturated heterocycles. The fourth-order valence-electron chi connectivity index (χ4n) is 2.68. The molecule has 2 heterocycles. The molecule has 22 heavy (non-hydrogen) atoms. The van der Waals surface area contributed by atoms with E-state index in [-0.39, 0.29) is 5.91 Å². The largest absolute Gasteiger partial charge is 0.467 e. The predicted octanol–water partition coefficient (Wildman–Crippen LogP) is 3.84. The SMILES string of the molecule is O=C(NCc1ccco1)c1cc2c(ccc3ccccc32)[nH]1. The highest BCUT2D eigenvalue weighted by molar-refractivity contribution is 6.09. The standard InChI is InChI=1S/C18H14N2O2/c21-18(19-11-13-5-3-9-22-13)17-10-15-14-6-2-1-4-12(14)7-8-16(15)20-17/h1-10,20H,11H2,(H,19,21). The molecule has 0 aliphatic carbocycles. The van der Waals surface area contributed by atoms with E-state index in [0.717, 1.165) is 27.4 Å². The topological polar surface area (TPSA) is 58.0 Å². The van der Waals surface area contributed by atoms with Crippen molar-refractivity contribution in [3.63, 3.8) is 0 Å². The Hall–Kier alpha value is -3.01. The normalized spacial score (nSPS) is 11.1. The maximum Gasteiger partial charge on any atom is 0.268 e. The van der Waals surface area contributed by atoms with E-state index in [1.165, 1.54) is 0 Å². The maximum atomic E-state index is 12.3. The Labute approximate surface area is 126 Å². The zero-order chi connectivity index (χ0) is 14.9. The van der Waals surface area contributed by atoms with Gasteiger partial charge in [0.05, 0.1) is 12.8 Å². The molecule has 4 nitrogen and oxygen atoms in total. The minimum atomic E-state index is -0.142. The van der Waals surface area contributed by atoms with Crippen LogP contribution in [0.25, 0.3) is 21.7 Å². The van der Waals surface area contributed by atoms with E-state index < -0.39 is 0 Å². The van der Waals surface area contributed by atoms with Gasteiger partial charge >= 0.3 is 0 Å². The zero-order valence-corrected chi connectivity index (χ0v) is 11.8. The number of hydrogen-bond acceptors (Lipinski definition) is 2. The first-order valence-electron chi connectivity index (χ1n) is 7.12. The van der Waals surface area contributed by atoms with Crippen LogP contribution < -0.4 is 5.32 Å². The van der Waals surface area contributed by atoms with Gasteiger partial charge < -0.3 is 14.7 Å². The van der Waals surface area contributed by atoms with Gasteiger partial charge in [-0.15, -0.1) is 0 Å². The van der Waals surface area contributed by atoms with Crippen molar-refractivity contribution in [3.8, 4) is 0 Å². The Morgan fingerprint density at radius 1 is 1.05 bits per heavy atom. The maximum absolute atomic E-state index is 12.3. The molecule has 2 N–H and O–H groups in total. The summed E-state index contributed by atoms with van der Waals surface area (Å²) in [6.45, 7) is 0.377. The lowest BCUT2D eigenvalue weighted by Crippen LogP contribution is -2.22. The third-order valence-electron chi connectivity index (χ3n) is 3.78. The van der Waals surface area contributed by atoms with E-state index in [4.69, 9.17) is 4.42 Å². The van der Waals surface area contributed by atoms with Gasteiger partial charge in [0.2, 0.25) is 0 Å². The molecule has 0 aliphatic heterocycles. The van der Waals surface area contributed by atoms with Gasteiger partial charge in [0.1, 0.15) is 11.5 Å². The second-order valence-electron chi connectivity index (χ2n) is 5.19. The molecule has 0 fully saturated rings. The first kappa shape index (κ1) is 12.7. The minimum Gasteiger partial charge on any atom is -0.467 e. The highest BCUT2D eigenvalue weighted by atomic mass is 16.3. The fourth-order valence-corrected chi connectivity index (χ4v) is 2.68. The molecule has 0 bridgehead atoms. The Morgan fingerprint density at radius 3 is 2.82 bits per heavy atom. The van der Waals surface area contributed by atoms with Crippen molar-refractivity contribution >= 4 is 27.6 Å². The fraction of sp³-hybridized carbons (Fsp3) is 0.0556. The van der Waals surface area contributed by atoms with Crippen molar-refractivity contribution in [3.05, 3.63) is 72.3 Å². The smallest absolute Gasteiger partial charge is 0.268 e. The van der Waals surface area contributed by atoms with Crippen LogP contribution in [0.4, 0.5) is 0 Å². The number of benzene rings is 2. The number of aromatic amines is 1. The number of carbonyl (C=O) groups is 1. The molecule has 2 aromatic carbocycles. The Morgan fingerprint density at radius 2 is 1.95 bits per heavy atom. The van der Waals surface area contributed by atoms with E-state index >= 15 is 0 Å². The van der Waals surface area contributed by atoms with Crippen LogP contribution in [0.15, 0.2) is 65.3 Å². The molecule has 0 spiro atoms. The lowest BCUT2D eigenvalue weighted by atomic mass is 10.1. The number of rotatable bonds is 3. The summed E-state index contributed by atoms with van der Waals surface area (Å²) >= 11 is 0. The van der Waals surface area contributed by atoms with Crippen molar-refractivity contribution in [2.75, 3.05) is 0 Å². The number of furan rings is 1. The van der Waals surface area contributed by atoms with Crippen LogP contribution in [0.3, 0.4) is 0 Å². The molecule has 108 valence electrons. The summed E-state index contributed by atoms with van der Waals surface area (Å²) in [5, 5.41) is 6.21. The number of hydrogen-bond donors (Lipinski definition) is 2. The van der Waals surface area contributed by atoms with E-state index in [9.17, 15) is 4.79 Å². The molecule has 2 aromatic heterocycles. The Balaban J connectivity index is 1.67. The predicted molar refractivity (Wildman–Crippen MR) is 85.7 cm³/mol. The van der Waals surface area contributed by atoms with Crippen molar-refractivity contribution in [2.45, 2.75) is 6.54 Å². The van der Waals surface area contributed by atoms with E-state index in [2.05, 4.69) is 28.5 Å². The number of amides is 1. The molecular formula is C18H14N2O2. The van der Waals surface area contributed by atoms with Crippen molar-refractivity contribution in [1.29, 1.82) is 0 Å². The number of fused-ring (bicyclic) bond motifs is 3. The van der Waals surface area contributed by atoms with Gasteiger partial charge in [-0.25, -0.2) is 0 Å². The molecule has 0 unspecified atom stereocenters. The van der Waals surface area contributed by atoms with Crippen molar-refractivity contribution in [2.24, 2.45) is 0 Å². The molecule has 0 atom stereocenters. The second kappa shape index (κ2) is 5.07. The third kappa shape index (κ3) is 2.15. The lowest BCUT2D eigenvalue weighted by molar-refractivity contribution is 0.0944. The summed E-state index contributed by atoms with van der Waals surface area (Å²) in [5.41, 5.74) is 1.51. The zero-order valence-electron chi connectivity index (χ0n) is 11.8. The average molecular weight is 290 g/mol. The van der Waals surface area contributed by atoms with Crippen LogP contribution in [0.2, 0.25) is 0 Å². The molecule has 1 amide bonds. The average Bonchev–Trinajstić information content (AvgIpc) is 3.21. The van der Waals surface area contributed by atoms with Crippen LogP contribution in [0, 0.1) is 0 Å². The summed E-state index contributed by atoms with van der Waals surface area (Å²) in [6, 6.07) is 17.7. The molecule has 0 aliphatic rings. The first-order valence-corrected chi connectivity index (χ1v) is 7.12. The Bertz CT molecular complexity index is 952. The monoisotopic (exact) mass is 290 g/mol. The minimum absolute atomic E-state index is 0.142. The highest BCUT2D eigenvalue weighted by Gasteiger charge is 2.11. The van der Waals surface area contributed by atoms with Crippen molar-refractivity contribution in [1.82, 2.24) is 10.3 Å². The number of aromatic nitrogens is 1. The first-order chi connectivity index (χ1) is 10.8. The van der Waals surface area contributed by atoms with Gasteiger partial charge in [-0.3, -0.25) is 4.79 Å². The summed E-state index contributed by atoms with van der Waals surface area (Å²) in [4.78, 5) is 15.4. The van der Waals surface area contributed by atoms with E-state index in [1.807, 2.05) is 30.3 Å². The van der Waals surface area contributed by atoms with Gasteiger partial charge in [-0.2, -0.15) is 0 Å². The van der Waals surface area contributed by atoms with Crippen LogP contribution >= 0.6 is 0 Å². The molecular weight excluding hydrogens is 276 g/mol. The molecule has 4 rings (SSSR count). The van der Waals surface area contributed by atoms with Crippen LogP contribution in [-0.2, 0) is 6.54 Å². The molecule has 4 aromatic rings. The number of nitrogens with one attached hydrogen (secondary N) is 2. The van der Waals surface area contributed by atoms with Gasteiger partial charge in [0, 0.05) is 10.9 Å². The number of carbonyl (C=O) groups excluding carboxylic acids is 1. The van der Waals surface area contributed by atoms with Crippen LogP contribution in [0.5, 0.6) is 0 Å². The summed E-state index contributed by atoms with van der Waals surface area (Å²) in [5.74, 6) is 0.589. The summed E-state index contributed by atoms with van der Waals surface area (Å²) in [6.07, 6.45) is 1.59. The van der Waals surface area contributed by atoms with Gasteiger partial charge in [-0.05, 0) is 35.0 Å². The third-order valence-corrected chi connectivity index (χ3v) is 3.78. The van der Waals surface area contributed by atoms with Crippen LogP contribution in [-0.4, -0.2) is 10.9 Å². The summed E-state index contributed by atoms with van der Waals surface area (Å²) < 4.78 is 5.21. The van der Waals surface area contributed by atoms with Gasteiger partial charge in [0.25, 0.3) is 5.91 Å². The van der Waals surface area contributed by atoms with E-state index in [0.29, 0.717) is 12.2 Å². The molecule has 0 radical (unpaired) electrons. The van der Waals surface area contributed by atoms with Crippen molar-refractivity contribution < 1.29 is 9.21 Å². The van der Waals surface area contributed by atoms with Gasteiger partial charge in [0.15, 0.2) is 0 Å². The molecule has 4 heteroatoms. The van der Waals surface area contributed by atoms with Gasteiger partial charge in [-0.1, -0.05) is 30.3 Å².